The number of hydrogen-bond acceptors (Lipinski definition) is 6. The van der Waals surface area contributed by atoms with E-state index in [1.807, 2.05) is 12.1 Å². The molecule has 0 radical (unpaired) electrons. The van der Waals surface area contributed by atoms with Crippen LogP contribution >= 0.6 is 0 Å². The monoisotopic (exact) mass is 348 g/mol. The molecule has 0 fully saturated rings. The molecule has 4 rings (SSSR count). The van der Waals surface area contributed by atoms with Crippen molar-refractivity contribution in [3.8, 4) is 11.5 Å². The van der Waals surface area contributed by atoms with Crippen molar-refractivity contribution in [3.63, 3.8) is 0 Å². The lowest BCUT2D eigenvalue weighted by Crippen LogP contribution is -2.37. The molecule has 1 unspecified atom stereocenters. The van der Waals surface area contributed by atoms with Gasteiger partial charge in [0, 0.05) is 30.3 Å². The van der Waals surface area contributed by atoms with Gasteiger partial charge in [-0.25, -0.2) is 4.98 Å². The van der Waals surface area contributed by atoms with Gasteiger partial charge in [0.25, 0.3) is 5.91 Å². The average Bonchev–Trinajstić information content (AvgIpc) is 3.12. The van der Waals surface area contributed by atoms with Crippen molar-refractivity contribution in [3.05, 3.63) is 66.8 Å². The van der Waals surface area contributed by atoms with Crippen molar-refractivity contribution >= 4 is 22.7 Å². The first-order valence-electron chi connectivity index (χ1n) is 8.03. The van der Waals surface area contributed by atoms with Crippen LogP contribution in [-0.4, -0.2) is 29.0 Å². The van der Waals surface area contributed by atoms with E-state index in [4.69, 9.17) is 9.15 Å². The van der Waals surface area contributed by atoms with Crippen LogP contribution < -0.4 is 10.6 Å². The van der Waals surface area contributed by atoms with Gasteiger partial charge in [-0.15, -0.1) is 0 Å². The molecular weight excluding hydrogens is 332 g/mol. The first-order valence-corrected chi connectivity index (χ1v) is 8.03. The van der Waals surface area contributed by atoms with Crippen LogP contribution in [0.15, 0.2) is 71.3 Å². The summed E-state index contributed by atoms with van der Waals surface area (Å²) in [5.74, 6) is 0.977. The average molecular weight is 348 g/mol. The number of fused-ring (bicyclic) bond motifs is 1. The highest BCUT2D eigenvalue weighted by Gasteiger charge is 2.17. The Kier molecular flexibility index (Phi) is 4.10. The number of amides is 1. The van der Waals surface area contributed by atoms with E-state index in [1.165, 1.54) is 0 Å². The molecule has 26 heavy (non-hydrogen) atoms. The van der Waals surface area contributed by atoms with E-state index in [2.05, 4.69) is 20.6 Å². The number of nitrogens with zero attached hydrogens (tertiary/aromatic N) is 2. The molecular formula is C19H16N4O3. The number of carbonyl (C=O) groups is 1. The predicted molar refractivity (Wildman–Crippen MR) is 97.0 cm³/mol. The zero-order valence-electron chi connectivity index (χ0n) is 14.0. The number of rotatable bonds is 4. The van der Waals surface area contributed by atoms with Crippen LogP contribution in [0.4, 0.5) is 5.69 Å². The van der Waals surface area contributed by atoms with Gasteiger partial charge in [-0.3, -0.25) is 9.78 Å². The Balaban J connectivity index is 1.52. The third-order valence-corrected chi connectivity index (χ3v) is 3.94. The third kappa shape index (κ3) is 3.14. The minimum atomic E-state index is -0.467. The van der Waals surface area contributed by atoms with Gasteiger partial charge in [0.2, 0.25) is 5.89 Å². The highest BCUT2D eigenvalue weighted by Crippen LogP contribution is 2.25. The number of ether oxygens (including phenoxy) is 1. The maximum Gasteiger partial charge on any atom is 0.250 e. The first-order chi connectivity index (χ1) is 12.7. The summed E-state index contributed by atoms with van der Waals surface area (Å²) in [4.78, 5) is 20.9. The molecule has 3 aromatic rings. The molecule has 7 nitrogen and oxygen atoms in total. The van der Waals surface area contributed by atoms with Gasteiger partial charge in [0.05, 0.1) is 12.7 Å². The van der Waals surface area contributed by atoms with Gasteiger partial charge in [0.1, 0.15) is 17.3 Å². The molecule has 3 heterocycles. The lowest BCUT2D eigenvalue weighted by Gasteiger charge is -2.17. The zero-order chi connectivity index (χ0) is 17.9. The Morgan fingerprint density at radius 1 is 1.35 bits per heavy atom. The Morgan fingerprint density at radius 2 is 2.27 bits per heavy atom. The summed E-state index contributed by atoms with van der Waals surface area (Å²) in [6.45, 7) is 0. The number of oxazole rings is 1. The molecule has 0 bridgehead atoms. The Morgan fingerprint density at radius 3 is 3.00 bits per heavy atom. The summed E-state index contributed by atoms with van der Waals surface area (Å²) in [6.07, 6.45) is 8.53. The van der Waals surface area contributed by atoms with Crippen LogP contribution in [-0.2, 0) is 9.53 Å². The number of pyridine rings is 1. The summed E-state index contributed by atoms with van der Waals surface area (Å²) in [5, 5.41) is 5.84. The minimum absolute atomic E-state index is 0.181. The maximum atomic E-state index is 12.4. The molecule has 7 heteroatoms. The van der Waals surface area contributed by atoms with Crippen molar-refractivity contribution in [2.45, 2.75) is 6.04 Å². The Hall–Kier alpha value is -3.61. The summed E-state index contributed by atoms with van der Waals surface area (Å²) in [5.41, 5.74) is 2.74. The van der Waals surface area contributed by atoms with Crippen LogP contribution in [0, 0.1) is 0 Å². The fraction of sp³-hybridized carbons (Fsp3) is 0.105. The number of anilines is 1. The van der Waals surface area contributed by atoms with Crippen molar-refractivity contribution in [1.82, 2.24) is 15.3 Å². The molecule has 0 spiro atoms. The molecule has 1 aliphatic rings. The summed E-state index contributed by atoms with van der Waals surface area (Å²) >= 11 is 0. The molecule has 1 atom stereocenters. The van der Waals surface area contributed by atoms with Crippen LogP contribution in [0.5, 0.6) is 0 Å². The predicted octanol–water partition coefficient (Wildman–Crippen LogP) is 2.84. The van der Waals surface area contributed by atoms with Gasteiger partial charge in [-0.1, -0.05) is 0 Å². The Bertz CT molecular complexity index is 1010. The standard InChI is InChI=1S/C19H16N4O3/c1-25-14-5-7-16(21-11-14)18(24)22-13-4-6-15-17(9-13)26-19(23-15)12-3-2-8-20-10-12/h2-11,16,21H,1H3,(H,22,24). The molecule has 0 saturated heterocycles. The maximum absolute atomic E-state index is 12.4. The topological polar surface area (TPSA) is 89.3 Å². The summed E-state index contributed by atoms with van der Waals surface area (Å²) in [7, 11) is 1.57. The van der Waals surface area contributed by atoms with E-state index in [1.54, 1.807) is 56.1 Å². The number of methoxy groups -OCH3 is 1. The Labute approximate surface area is 149 Å². The van der Waals surface area contributed by atoms with Gasteiger partial charge in [-0.05, 0) is 36.4 Å². The highest BCUT2D eigenvalue weighted by atomic mass is 16.5. The lowest BCUT2D eigenvalue weighted by molar-refractivity contribution is -0.116. The molecule has 0 saturated carbocycles. The molecule has 1 aliphatic heterocycles. The van der Waals surface area contributed by atoms with Crippen LogP contribution in [0.2, 0.25) is 0 Å². The third-order valence-electron chi connectivity index (χ3n) is 3.94. The van der Waals surface area contributed by atoms with Crippen molar-refractivity contribution in [2.75, 3.05) is 12.4 Å². The van der Waals surface area contributed by atoms with E-state index in [9.17, 15) is 4.79 Å². The number of nitrogens with one attached hydrogen (secondary N) is 2. The van der Waals surface area contributed by atoms with Crippen LogP contribution in [0.3, 0.4) is 0 Å². The van der Waals surface area contributed by atoms with E-state index >= 15 is 0 Å². The highest BCUT2D eigenvalue weighted by molar-refractivity contribution is 5.97. The lowest BCUT2D eigenvalue weighted by atomic mass is 10.2. The van der Waals surface area contributed by atoms with Crippen LogP contribution in [0.1, 0.15) is 0 Å². The fourth-order valence-electron chi connectivity index (χ4n) is 2.59. The SMILES string of the molecule is COC1=CNC(C(=O)Nc2ccc3nc(-c4cccnc4)oc3c2)C=C1. The second-order valence-electron chi connectivity index (χ2n) is 5.69. The van der Waals surface area contributed by atoms with E-state index in [0.717, 1.165) is 5.56 Å². The van der Waals surface area contributed by atoms with E-state index in [0.29, 0.717) is 28.4 Å². The second kappa shape index (κ2) is 6.72. The van der Waals surface area contributed by atoms with Gasteiger partial charge in [0.15, 0.2) is 5.58 Å². The van der Waals surface area contributed by atoms with Crippen molar-refractivity contribution in [2.24, 2.45) is 0 Å². The number of dihydropyridines is 1. The summed E-state index contributed by atoms with van der Waals surface area (Å²) < 4.78 is 10.9. The number of carbonyl (C=O) groups excluding carboxylic acids is 1. The smallest absolute Gasteiger partial charge is 0.250 e. The normalized spacial score (nSPS) is 16.0. The van der Waals surface area contributed by atoms with Crippen molar-refractivity contribution < 1.29 is 13.9 Å². The van der Waals surface area contributed by atoms with Gasteiger partial charge in [-0.2, -0.15) is 0 Å². The van der Waals surface area contributed by atoms with Crippen LogP contribution in [0.25, 0.3) is 22.6 Å². The molecule has 2 N–H and O–H groups in total. The number of allylic oxidation sites excluding steroid dienone is 1. The molecule has 130 valence electrons. The van der Waals surface area contributed by atoms with Gasteiger partial charge < -0.3 is 19.8 Å². The zero-order valence-corrected chi connectivity index (χ0v) is 14.0. The second-order valence-corrected chi connectivity index (χ2v) is 5.69. The molecule has 1 amide bonds. The van der Waals surface area contributed by atoms with Crippen molar-refractivity contribution in [1.29, 1.82) is 0 Å². The molecule has 0 aliphatic carbocycles. The quantitative estimate of drug-likeness (QED) is 0.754. The first kappa shape index (κ1) is 15.9. The number of benzene rings is 1. The van der Waals surface area contributed by atoms with Gasteiger partial charge >= 0.3 is 0 Å². The minimum Gasteiger partial charge on any atom is -0.495 e. The van der Waals surface area contributed by atoms with E-state index < -0.39 is 6.04 Å². The fourth-order valence-corrected chi connectivity index (χ4v) is 2.59. The molecule has 2 aromatic heterocycles. The molecule has 1 aromatic carbocycles. The largest absolute Gasteiger partial charge is 0.495 e. The van der Waals surface area contributed by atoms with E-state index in [-0.39, 0.29) is 5.91 Å². The number of hydrogen-bond donors (Lipinski definition) is 2. The summed E-state index contributed by atoms with van der Waals surface area (Å²) in [6, 6.07) is 8.58. The number of aromatic nitrogens is 2.